The largest absolute Gasteiger partial charge is 0.443 e. The molecule has 1 fully saturated rings. The third-order valence-electron chi connectivity index (χ3n) is 2.35. The second-order valence-corrected chi connectivity index (χ2v) is 3.59. The van der Waals surface area contributed by atoms with Crippen molar-refractivity contribution in [2.24, 2.45) is 0 Å². The van der Waals surface area contributed by atoms with Crippen LogP contribution in [0.25, 0.3) is 0 Å². The first-order valence-electron chi connectivity index (χ1n) is 5.42. The third-order valence-corrected chi connectivity index (χ3v) is 2.35. The van der Waals surface area contributed by atoms with Crippen LogP contribution in [0.15, 0.2) is 12.7 Å². The fourth-order valence-electron chi connectivity index (χ4n) is 1.59. The standard InChI is InChI=1S/C11H19NO3/c1-3-6-10(15-11(13)4-2)12-7-5-8-14-9-12/h4,10H,2-3,5-9H2,1H3. The molecule has 1 saturated heterocycles. The Morgan fingerprint density at radius 1 is 1.73 bits per heavy atom. The highest BCUT2D eigenvalue weighted by atomic mass is 16.6. The highest BCUT2D eigenvalue weighted by Crippen LogP contribution is 2.13. The van der Waals surface area contributed by atoms with Crippen LogP contribution in [0.4, 0.5) is 0 Å². The molecular weight excluding hydrogens is 194 g/mol. The molecule has 1 heterocycles. The Kier molecular flexibility index (Phi) is 5.36. The van der Waals surface area contributed by atoms with E-state index in [-0.39, 0.29) is 12.2 Å². The van der Waals surface area contributed by atoms with Crippen molar-refractivity contribution in [2.45, 2.75) is 32.4 Å². The number of esters is 1. The minimum absolute atomic E-state index is 0.166. The maximum absolute atomic E-state index is 11.1. The molecule has 0 N–H and O–H groups in total. The first-order chi connectivity index (χ1) is 7.27. The molecule has 1 aliphatic heterocycles. The summed E-state index contributed by atoms with van der Waals surface area (Å²) in [5.41, 5.74) is 0. The van der Waals surface area contributed by atoms with Gasteiger partial charge in [0, 0.05) is 19.2 Å². The van der Waals surface area contributed by atoms with Crippen LogP contribution in [0.3, 0.4) is 0 Å². The van der Waals surface area contributed by atoms with E-state index in [0.29, 0.717) is 6.73 Å². The lowest BCUT2D eigenvalue weighted by Crippen LogP contribution is -2.43. The molecule has 0 aromatic rings. The van der Waals surface area contributed by atoms with Gasteiger partial charge in [0.2, 0.25) is 0 Å². The molecule has 1 unspecified atom stereocenters. The van der Waals surface area contributed by atoms with Crippen molar-refractivity contribution in [1.29, 1.82) is 0 Å². The van der Waals surface area contributed by atoms with E-state index in [9.17, 15) is 4.79 Å². The van der Waals surface area contributed by atoms with Gasteiger partial charge in [-0.15, -0.1) is 0 Å². The quantitative estimate of drug-likeness (QED) is 0.512. The van der Waals surface area contributed by atoms with Crippen molar-refractivity contribution in [3.05, 3.63) is 12.7 Å². The molecule has 0 aromatic carbocycles. The van der Waals surface area contributed by atoms with Crippen LogP contribution in [0.2, 0.25) is 0 Å². The number of hydrogen-bond donors (Lipinski definition) is 0. The molecule has 1 atom stereocenters. The van der Waals surface area contributed by atoms with Crippen molar-refractivity contribution in [1.82, 2.24) is 4.90 Å². The van der Waals surface area contributed by atoms with E-state index in [1.165, 1.54) is 6.08 Å². The summed E-state index contributed by atoms with van der Waals surface area (Å²) in [7, 11) is 0. The number of carbonyl (C=O) groups excluding carboxylic acids is 1. The van der Waals surface area contributed by atoms with Crippen LogP contribution < -0.4 is 0 Å². The van der Waals surface area contributed by atoms with E-state index >= 15 is 0 Å². The Bertz CT molecular complexity index is 212. The molecule has 86 valence electrons. The average Bonchev–Trinajstić information content (AvgIpc) is 2.29. The SMILES string of the molecule is C=CC(=O)OC(CCC)N1CCCOC1. The smallest absolute Gasteiger partial charge is 0.331 e. The second kappa shape index (κ2) is 6.58. The lowest BCUT2D eigenvalue weighted by atomic mass is 10.2. The van der Waals surface area contributed by atoms with Crippen LogP contribution in [-0.4, -0.2) is 37.0 Å². The maximum atomic E-state index is 11.1. The number of ether oxygens (including phenoxy) is 2. The molecule has 0 aromatic heterocycles. The first-order valence-corrected chi connectivity index (χ1v) is 5.42. The zero-order valence-electron chi connectivity index (χ0n) is 9.28. The highest BCUT2D eigenvalue weighted by molar-refractivity contribution is 5.81. The van der Waals surface area contributed by atoms with Gasteiger partial charge in [-0.05, 0) is 12.8 Å². The van der Waals surface area contributed by atoms with E-state index in [0.717, 1.165) is 32.4 Å². The van der Waals surface area contributed by atoms with E-state index in [2.05, 4.69) is 18.4 Å². The van der Waals surface area contributed by atoms with E-state index in [1.807, 2.05) is 0 Å². The molecule has 4 nitrogen and oxygen atoms in total. The van der Waals surface area contributed by atoms with E-state index in [4.69, 9.17) is 9.47 Å². The normalized spacial score (nSPS) is 19.5. The molecule has 0 amide bonds. The summed E-state index contributed by atoms with van der Waals surface area (Å²) in [5.74, 6) is -0.362. The minimum atomic E-state index is -0.362. The van der Waals surface area contributed by atoms with Crippen molar-refractivity contribution >= 4 is 5.97 Å². The van der Waals surface area contributed by atoms with Crippen molar-refractivity contribution in [2.75, 3.05) is 19.9 Å². The second-order valence-electron chi connectivity index (χ2n) is 3.59. The van der Waals surface area contributed by atoms with Crippen molar-refractivity contribution in [3.8, 4) is 0 Å². The van der Waals surface area contributed by atoms with E-state index in [1.54, 1.807) is 0 Å². The Morgan fingerprint density at radius 2 is 2.53 bits per heavy atom. The predicted octanol–water partition coefficient (Wildman–Crippen LogP) is 1.52. The Labute approximate surface area is 90.8 Å². The molecule has 0 radical (unpaired) electrons. The van der Waals surface area contributed by atoms with Crippen LogP contribution in [0.1, 0.15) is 26.2 Å². The third kappa shape index (κ3) is 4.01. The first kappa shape index (κ1) is 12.2. The predicted molar refractivity (Wildman–Crippen MR) is 57.1 cm³/mol. The molecular formula is C11H19NO3. The van der Waals surface area contributed by atoms with Crippen molar-refractivity contribution in [3.63, 3.8) is 0 Å². The number of hydrogen-bond acceptors (Lipinski definition) is 4. The molecule has 0 bridgehead atoms. The minimum Gasteiger partial charge on any atom is -0.443 e. The van der Waals surface area contributed by atoms with Crippen LogP contribution in [0.5, 0.6) is 0 Å². The molecule has 1 aliphatic rings. The van der Waals surface area contributed by atoms with Gasteiger partial charge in [0.1, 0.15) is 6.73 Å². The number of rotatable bonds is 5. The molecule has 0 aliphatic carbocycles. The molecule has 15 heavy (non-hydrogen) atoms. The molecule has 0 saturated carbocycles. The fourth-order valence-corrected chi connectivity index (χ4v) is 1.59. The maximum Gasteiger partial charge on any atom is 0.331 e. The number of nitrogens with zero attached hydrogens (tertiary/aromatic N) is 1. The molecule has 1 rings (SSSR count). The van der Waals surface area contributed by atoms with Gasteiger partial charge in [-0.2, -0.15) is 0 Å². The van der Waals surface area contributed by atoms with Gasteiger partial charge >= 0.3 is 5.97 Å². The monoisotopic (exact) mass is 213 g/mol. The average molecular weight is 213 g/mol. The van der Waals surface area contributed by atoms with Crippen LogP contribution in [-0.2, 0) is 14.3 Å². The van der Waals surface area contributed by atoms with Gasteiger partial charge in [0.25, 0.3) is 0 Å². The van der Waals surface area contributed by atoms with Gasteiger partial charge < -0.3 is 9.47 Å². The molecule has 0 spiro atoms. The Balaban J connectivity index is 2.46. The van der Waals surface area contributed by atoms with Gasteiger partial charge in [-0.1, -0.05) is 19.9 Å². The van der Waals surface area contributed by atoms with Crippen LogP contribution >= 0.6 is 0 Å². The zero-order chi connectivity index (χ0) is 11.1. The summed E-state index contributed by atoms with van der Waals surface area (Å²) < 4.78 is 10.6. The van der Waals surface area contributed by atoms with Crippen LogP contribution in [0, 0.1) is 0 Å². The van der Waals surface area contributed by atoms with Gasteiger partial charge in [-0.3, -0.25) is 0 Å². The summed E-state index contributed by atoms with van der Waals surface area (Å²) in [6.07, 6.45) is 3.84. The lowest BCUT2D eigenvalue weighted by Gasteiger charge is -2.33. The Hall–Kier alpha value is -0.870. The topological polar surface area (TPSA) is 38.8 Å². The fraction of sp³-hybridized carbons (Fsp3) is 0.727. The summed E-state index contributed by atoms with van der Waals surface area (Å²) >= 11 is 0. The van der Waals surface area contributed by atoms with Crippen molar-refractivity contribution < 1.29 is 14.3 Å². The highest BCUT2D eigenvalue weighted by Gasteiger charge is 2.22. The van der Waals surface area contributed by atoms with Gasteiger partial charge in [0.05, 0.1) is 0 Å². The van der Waals surface area contributed by atoms with Gasteiger partial charge in [-0.25, -0.2) is 9.69 Å². The summed E-state index contributed by atoms with van der Waals surface area (Å²) in [6, 6.07) is 0. The zero-order valence-corrected chi connectivity index (χ0v) is 9.28. The lowest BCUT2D eigenvalue weighted by molar-refractivity contribution is -0.165. The van der Waals surface area contributed by atoms with E-state index < -0.39 is 0 Å². The summed E-state index contributed by atoms with van der Waals surface area (Å²) in [5, 5.41) is 0. The summed E-state index contributed by atoms with van der Waals surface area (Å²) in [4.78, 5) is 13.2. The van der Waals surface area contributed by atoms with Gasteiger partial charge in [0.15, 0.2) is 6.23 Å². The molecule has 4 heteroatoms. The summed E-state index contributed by atoms with van der Waals surface area (Å²) in [6.45, 7) is 7.74. The Morgan fingerprint density at radius 3 is 3.07 bits per heavy atom. The number of carbonyl (C=O) groups is 1.